The summed E-state index contributed by atoms with van der Waals surface area (Å²) < 4.78 is 26.3. The van der Waals surface area contributed by atoms with Crippen molar-refractivity contribution >= 4 is 27.3 Å². The van der Waals surface area contributed by atoms with Gasteiger partial charge in [-0.1, -0.05) is 18.5 Å². The third-order valence-corrected chi connectivity index (χ3v) is 4.28. The maximum absolute atomic E-state index is 12.0. The van der Waals surface area contributed by atoms with Gasteiger partial charge in [0.05, 0.1) is 11.6 Å². The molecule has 0 aliphatic rings. The minimum absolute atomic E-state index is 0.0777. The number of halogens is 1. The molecular formula is C10H15ClN2O3S. The summed E-state index contributed by atoms with van der Waals surface area (Å²) in [5.74, 6) is 0. The summed E-state index contributed by atoms with van der Waals surface area (Å²) in [6.07, 6.45) is 0.482. The van der Waals surface area contributed by atoms with Crippen molar-refractivity contribution in [2.45, 2.75) is 24.3 Å². The number of nitrogens with one attached hydrogen (secondary N) is 1. The second-order valence-corrected chi connectivity index (χ2v) is 5.69. The van der Waals surface area contributed by atoms with Crippen LogP contribution in [0.4, 0.5) is 5.69 Å². The lowest BCUT2D eigenvalue weighted by Crippen LogP contribution is -2.37. The van der Waals surface area contributed by atoms with E-state index in [0.29, 0.717) is 12.1 Å². The zero-order chi connectivity index (χ0) is 13.1. The van der Waals surface area contributed by atoms with Crippen LogP contribution in [0.25, 0.3) is 0 Å². The first-order valence-corrected chi connectivity index (χ1v) is 6.95. The van der Waals surface area contributed by atoms with Gasteiger partial charge in [-0.15, -0.1) is 0 Å². The Morgan fingerprint density at radius 2 is 2.18 bits per heavy atom. The Morgan fingerprint density at radius 3 is 2.71 bits per heavy atom. The average Bonchev–Trinajstić information content (AvgIpc) is 2.29. The molecule has 17 heavy (non-hydrogen) atoms. The Bertz CT molecular complexity index is 486. The summed E-state index contributed by atoms with van der Waals surface area (Å²) in [7, 11) is -3.76. The van der Waals surface area contributed by atoms with Crippen molar-refractivity contribution in [3.8, 4) is 0 Å². The van der Waals surface area contributed by atoms with Gasteiger partial charge in [-0.3, -0.25) is 0 Å². The van der Waals surface area contributed by atoms with Crippen LogP contribution in [-0.4, -0.2) is 26.2 Å². The Hall–Kier alpha value is -0.820. The van der Waals surface area contributed by atoms with E-state index in [1.807, 2.05) is 0 Å². The van der Waals surface area contributed by atoms with Crippen LogP contribution in [0.1, 0.15) is 13.3 Å². The van der Waals surface area contributed by atoms with E-state index in [-0.39, 0.29) is 16.5 Å². The molecule has 1 aromatic rings. The Morgan fingerprint density at radius 1 is 1.53 bits per heavy atom. The van der Waals surface area contributed by atoms with Gasteiger partial charge in [0.15, 0.2) is 0 Å². The van der Waals surface area contributed by atoms with E-state index in [1.54, 1.807) is 6.92 Å². The number of hydrogen-bond acceptors (Lipinski definition) is 4. The molecule has 4 N–H and O–H groups in total. The number of sulfonamides is 1. The monoisotopic (exact) mass is 278 g/mol. The van der Waals surface area contributed by atoms with Gasteiger partial charge in [0, 0.05) is 11.7 Å². The fourth-order valence-electron chi connectivity index (χ4n) is 1.26. The summed E-state index contributed by atoms with van der Waals surface area (Å²) >= 11 is 5.81. The molecule has 7 heteroatoms. The molecule has 0 saturated heterocycles. The first-order valence-electron chi connectivity index (χ1n) is 5.09. The molecule has 0 saturated carbocycles. The van der Waals surface area contributed by atoms with E-state index in [9.17, 15) is 8.42 Å². The molecule has 0 bridgehead atoms. The van der Waals surface area contributed by atoms with Gasteiger partial charge in [0.1, 0.15) is 4.90 Å². The first-order chi connectivity index (χ1) is 7.90. The lowest BCUT2D eigenvalue weighted by atomic mass is 10.3. The second-order valence-electron chi connectivity index (χ2n) is 3.60. The fraction of sp³-hybridized carbons (Fsp3) is 0.400. The van der Waals surface area contributed by atoms with Crippen molar-refractivity contribution in [2.75, 3.05) is 12.3 Å². The molecule has 0 unspecified atom stereocenters. The lowest BCUT2D eigenvalue weighted by Gasteiger charge is -2.15. The number of rotatable bonds is 5. The van der Waals surface area contributed by atoms with Crippen LogP contribution < -0.4 is 10.5 Å². The van der Waals surface area contributed by atoms with Gasteiger partial charge in [-0.25, -0.2) is 13.1 Å². The minimum atomic E-state index is -3.76. The smallest absolute Gasteiger partial charge is 0.242 e. The van der Waals surface area contributed by atoms with Gasteiger partial charge in [0.25, 0.3) is 0 Å². The third kappa shape index (κ3) is 3.57. The first kappa shape index (κ1) is 14.2. The van der Waals surface area contributed by atoms with Crippen LogP contribution in [0, 0.1) is 0 Å². The van der Waals surface area contributed by atoms with E-state index >= 15 is 0 Å². The summed E-state index contributed by atoms with van der Waals surface area (Å²) in [6.45, 7) is 1.50. The highest BCUT2D eigenvalue weighted by Gasteiger charge is 2.21. The SMILES string of the molecule is CC[C@H](CO)NS(=O)(=O)c1cc(N)ccc1Cl. The number of anilines is 1. The zero-order valence-corrected chi connectivity index (χ0v) is 10.9. The minimum Gasteiger partial charge on any atom is -0.399 e. The molecule has 0 spiro atoms. The van der Waals surface area contributed by atoms with Gasteiger partial charge < -0.3 is 10.8 Å². The highest BCUT2D eigenvalue weighted by molar-refractivity contribution is 7.89. The maximum atomic E-state index is 12.0. The molecule has 1 aromatic carbocycles. The number of nitrogen functional groups attached to an aromatic ring is 1. The molecule has 0 amide bonds. The quantitative estimate of drug-likeness (QED) is 0.700. The Kier molecular flexibility index (Phi) is 4.76. The molecule has 0 fully saturated rings. The molecule has 0 aliphatic heterocycles. The zero-order valence-electron chi connectivity index (χ0n) is 9.35. The highest BCUT2D eigenvalue weighted by Crippen LogP contribution is 2.23. The summed E-state index contributed by atoms with van der Waals surface area (Å²) in [5.41, 5.74) is 5.83. The number of nitrogens with two attached hydrogens (primary N) is 1. The predicted octanol–water partition coefficient (Wildman–Crippen LogP) is 0.971. The van der Waals surface area contributed by atoms with E-state index in [2.05, 4.69) is 4.72 Å². The molecule has 1 atom stereocenters. The normalized spacial score (nSPS) is 13.6. The summed E-state index contributed by atoms with van der Waals surface area (Å²) in [5, 5.41) is 9.07. The fourth-order valence-corrected chi connectivity index (χ4v) is 3.10. The van der Waals surface area contributed by atoms with Crippen molar-refractivity contribution in [1.82, 2.24) is 4.72 Å². The van der Waals surface area contributed by atoms with Crippen molar-refractivity contribution < 1.29 is 13.5 Å². The van der Waals surface area contributed by atoms with Crippen LogP contribution in [0.2, 0.25) is 5.02 Å². The lowest BCUT2D eigenvalue weighted by molar-refractivity contribution is 0.254. The standard InChI is InChI=1S/C10H15ClN2O3S/c1-2-8(6-14)13-17(15,16)10-5-7(12)3-4-9(10)11/h3-5,8,13-14H,2,6,12H2,1H3/t8-/m1/s1. The predicted molar refractivity (Wildman–Crippen MR) is 67.4 cm³/mol. The van der Waals surface area contributed by atoms with Gasteiger partial charge >= 0.3 is 0 Å². The number of hydrogen-bond donors (Lipinski definition) is 3. The molecule has 1 rings (SSSR count). The van der Waals surface area contributed by atoms with Crippen LogP contribution >= 0.6 is 11.6 Å². The van der Waals surface area contributed by atoms with Crippen molar-refractivity contribution in [1.29, 1.82) is 0 Å². The van der Waals surface area contributed by atoms with E-state index in [4.69, 9.17) is 22.4 Å². The molecule has 0 aromatic heterocycles. The molecular weight excluding hydrogens is 264 g/mol. The largest absolute Gasteiger partial charge is 0.399 e. The second kappa shape index (κ2) is 5.68. The van der Waals surface area contributed by atoms with Crippen LogP contribution in [0.5, 0.6) is 0 Å². The van der Waals surface area contributed by atoms with Crippen molar-refractivity contribution in [3.05, 3.63) is 23.2 Å². The Balaban J connectivity index is 3.09. The van der Waals surface area contributed by atoms with Gasteiger partial charge in [0.2, 0.25) is 10.0 Å². The maximum Gasteiger partial charge on any atom is 0.242 e. The summed E-state index contributed by atoms with van der Waals surface area (Å²) in [6, 6.07) is 3.70. The number of aliphatic hydroxyl groups excluding tert-OH is 1. The van der Waals surface area contributed by atoms with Gasteiger partial charge in [-0.05, 0) is 24.6 Å². The molecule has 96 valence electrons. The summed E-state index contributed by atoms with van der Waals surface area (Å²) in [4.78, 5) is -0.0777. The Labute approximate surface area is 106 Å². The third-order valence-electron chi connectivity index (χ3n) is 2.28. The van der Waals surface area contributed by atoms with Crippen LogP contribution in [0.3, 0.4) is 0 Å². The number of aliphatic hydroxyl groups is 1. The topological polar surface area (TPSA) is 92.4 Å². The molecule has 0 radical (unpaired) electrons. The molecule has 0 heterocycles. The highest BCUT2D eigenvalue weighted by atomic mass is 35.5. The van der Waals surface area contributed by atoms with Gasteiger partial charge in [-0.2, -0.15) is 0 Å². The van der Waals surface area contributed by atoms with Crippen LogP contribution in [0.15, 0.2) is 23.1 Å². The van der Waals surface area contributed by atoms with E-state index in [0.717, 1.165) is 0 Å². The van der Waals surface area contributed by atoms with Crippen LogP contribution in [-0.2, 0) is 10.0 Å². The van der Waals surface area contributed by atoms with Crippen molar-refractivity contribution in [3.63, 3.8) is 0 Å². The molecule has 5 nitrogen and oxygen atoms in total. The number of benzene rings is 1. The van der Waals surface area contributed by atoms with E-state index in [1.165, 1.54) is 18.2 Å². The van der Waals surface area contributed by atoms with E-state index < -0.39 is 16.1 Å². The molecule has 0 aliphatic carbocycles. The average molecular weight is 279 g/mol. The van der Waals surface area contributed by atoms with Crippen molar-refractivity contribution in [2.24, 2.45) is 0 Å².